The second-order valence-electron chi connectivity index (χ2n) is 5.96. The van der Waals surface area contributed by atoms with Crippen LogP contribution in [0.2, 0.25) is 0 Å². The topological polar surface area (TPSA) is 131 Å². The Hall–Kier alpha value is -4.26. The monoisotopic (exact) mass is 411 g/mol. The molecule has 0 bridgehead atoms. The van der Waals surface area contributed by atoms with Crippen molar-refractivity contribution < 1.29 is 33.0 Å². The molecule has 0 aliphatic carbocycles. The second kappa shape index (κ2) is 8.83. The fraction of sp³-hybridized carbons (Fsp3) is 0.200. The Bertz CT molecular complexity index is 1060. The Morgan fingerprint density at radius 1 is 1.27 bits per heavy atom. The van der Waals surface area contributed by atoms with Crippen LogP contribution in [0.1, 0.15) is 21.9 Å². The first-order valence-corrected chi connectivity index (χ1v) is 8.66. The van der Waals surface area contributed by atoms with Crippen molar-refractivity contribution in [2.75, 3.05) is 20.8 Å². The maximum Gasteiger partial charge on any atom is 0.373 e. The molecule has 0 saturated carbocycles. The third kappa shape index (κ3) is 4.10. The molecule has 1 N–H and O–H groups in total. The number of hydrogen-bond donors (Lipinski definition) is 1. The van der Waals surface area contributed by atoms with Gasteiger partial charge in [-0.1, -0.05) is 12.1 Å². The predicted octanol–water partition coefficient (Wildman–Crippen LogP) is 2.07. The lowest BCUT2D eigenvalue weighted by Gasteiger charge is -2.11. The van der Waals surface area contributed by atoms with Crippen molar-refractivity contribution in [1.29, 1.82) is 5.26 Å². The number of nitriles is 1. The quantitative estimate of drug-likeness (QED) is 0.416. The van der Waals surface area contributed by atoms with Crippen molar-refractivity contribution in [1.82, 2.24) is 10.2 Å². The molecular formula is C20H17N3O7. The van der Waals surface area contributed by atoms with Gasteiger partial charge in [-0.05, 0) is 24.3 Å². The summed E-state index contributed by atoms with van der Waals surface area (Å²) in [5.74, 6) is -0.417. The van der Waals surface area contributed by atoms with Crippen LogP contribution in [0.4, 0.5) is 4.79 Å². The van der Waals surface area contributed by atoms with Crippen LogP contribution in [-0.4, -0.2) is 43.6 Å². The summed E-state index contributed by atoms with van der Waals surface area (Å²) < 4.78 is 20.5. The third-order valence-electron chi connectivity index (χ3n) is 4.13. The maximum absolute atomic E-state index is 12.7. The Balaban J connectivity index is 1.84. The Morgan fingerprint density at radius 2 is 2.07 bits per heavy atom. The molecule has 1 aliphatic heterocycles. The highest BCUT2D eigenvalue weighted by Gasteiger charge is 2.34. The van der Waals surface area contributed by atoms with Crippen molar-refractivity contribution in [3.63, 3.8) is 0 Å². The van der Waals surface area contributed by atoms with Gasteiger partial charge in [0.2, 0.25) is 5.76 Å². The van der Waals surface area contributed by atoms with Crippen molar-refractivity contribution in [3.8, 4) is 17.6 Å². The van der Waals surface area contributed by atoms with Crippen molar-refractivity contribution in [2.45, 2.75) is 6.54 Å². The van der Waals surface area contributed by atoms with E-state index in [0.717, 1.165) is 4.90 Å². The largest absolute Gasteiger partial charge is 0.493 e. The highest BCUT2D eigenvalue weighted by atomic mass is 16.5. The minimum Gasteiger partial charge on any atom is -0.493 e. The van der Waals surface area contributed by atoms with E-state index in [1.54, 1.807) is 18.2 Å². The zero-order valence-electron chi connectivity index (χ0n) is 16.1. The molecular weight excluding hydrogens is 394 g/mol. The first-order valence-electron chi connectivity index (χ1n) is 8.66. The zero-order valence-corrected chi connectivity index (χ0v) is 16.1. The number of para-hydroxylation sites is 1. The molecule has 10 heteroatoms. The molecule has 154 valence electrons. The zero-order chi connectivity index (χ0) is 21.7. The molecule has 0 unspecified atom stereocenters. The average molecular weight is 411 g/mol. The summed E-state index contributed by atoms with van der Waals surface area (Å²) in [4.78, 5) is 37.4. The van der Waals surface area contributed by atoms with Crippen LogP contribution in [0.3, 0.4) is 0 Å². The van der Waals surface area contributed by atoms with Crippen LogP contribution in [-0.2, 0) is 16.1 Å². The lowest BCUT2D eigenvalue weighted by atomic mass is 10.1. The minimum atomic E-state index is -0.665. The Labute approximate surface area is 171 Å². The van der Waals surface area contributed by atoms with Crippen molar-refractivity contribution in [3.05, 3.63) is 53.1 Å². The van der Waals surface area contributed by atoms with Gasteiger partial charge in [0.1, 0.15) is 17.5 Å². The van der Waals surface area contributed by atoms with Crippen LogP contribution < -0.4 is 14.8 Å². The molecule has 1 fully saturated rings. The fourth-order valence-corrected chi connectivity index (χ4v) is 2.77. The summed E-state index contributed by atoms with van der Waals surface area (Å²) in [6, 6.07) is 9.07. The van der Waals surface area contributed by atoms with E-state index in [9.17, 15) is 14.4 Å². The number of benzene rings is 1. The summed E-state index contributed by atoms with van der Waals surface area (Å²) >= 11 is 0. The number of furan rings is 1. The molecule has 0 atom stereocenters. The summed E-state index contributed by atoms with van der Waals surface area (Å²) in [6.07, 6.45) is 1.43. The number of esters is 1. The number of ether oxygens (including phenoxy) is 3. The summed E-state index contributed by atoms with van der Waals surface area (Å²) in [7, 11) is 2.66. The molecule has 1 aromatic heterocycles. The number of nitrogens with one attached hydrogen (secondary N) is 1. The van der Waals surface area contributed by atoms with Gasteiger partial charge in [0, 0.05) is 5.56 Å². The van der Waals surface area contributed by atoms with Gasteiger partial charge in [0.05, 0.1) is 20.8 Å². The van der Waals surface area contributed by atoms with Gasteiger partial charge in [0.15, 0.2) is 18.1 Å². The van der Waals surface area contributed by atoms with Gasteiger partial charge in [-0.25, -0.2) is 9.59 Å². The maximum atomic E-state index is 12.7. The number of amides is 3. The van der Waals surface area contributed by atoms with E-state index >= 15 is 0 Å². The van der Waals surface area contributed by atoms with Gasteiger partial charge >= 0.3 is 12.0 Å². The van der Waals surface area contributed by atoms with Gasteiger partial charge in [-0.15, -0.1) is 0 Å². The van der Waals surface area contributed by atoms with Crippen LogP contribution in [0, 0.1) is 11.3 Å². The summed E-state index contributed by atoms with van der Waals surface area (Å²) in [5, 5.41) is 11.3. The van der Waals surface area contributed by atoms with Gasteiger partial charge in [-0.2, -0.15) is 5.26 Å². The van der Waals surface area contributed by atoms with Crippen LogP contribution >= 0.6 is 0 Å². The third-order valence-corrected chi connectivity index (χ3v) is 4.13. The van der Waals surface area contributed by atoms with Crippen molar-refractivity contribution in [2.24, 2.45) is 0 Å². The number of rotatable bonds is 7. The molecule has 0 radical (unpaired) electrons. The molecule has 1 aliphatic rings. The van der Waals surface area contributed by atoms with Gasteiger partial charge in [-0.3, -0.25) is 9.69 Å². The highest BCUT2D eigenvalue weighted by molar-refractivity contribution is 6.14. The Morgan fingerprint density at radius 3 is 2.77 bits per heavy atom. The van der Waals surface area contributed by atoms with Crippen LogP contribution in [0.15, 0.2) is 40.4 Å². The molecule has 0 spiro atoms. The minimum absolute atomic E-state index is 0.00908. The SMILES string of the molecule is COC(=O)c1ccc(CN2C(=O)N/C(=C/c3cccc(OC)c3OCC#N)C2=O)o1. The molecule has 3 rings (SSSR count). The lowest BCUT2D eigenvalue weighted by molar-refractivity contribution is -0.123. The number of methoxy groups -OCH3 is 2. The number of imide groups is 1. The Kier molecular flexibility index (Phi) is 6.03. The summed E-state index contributed by atoms with van der Waals surface area (Å²) in [5.41, 5.74) is 0.455. The van der Waals surface area contributed by atoms with Crippen LogP contribution in [0.5, 0.6) is 11.5 Å². The van der Waals surface area contributed by atoms with E-state index in [0.29, 0.717) is 11.3 Å². The first-order chi connectivity index (χ1) is 14.5. The normalized spacial score (nSPS) is 14.4. The number of carbonyl (C=O) groups is 3. The van der Waals surface area contributed by atoms with Crippen molar-refractivity contribution >= 4 is 24.0 Å². The van der Waals surface area contributed by atoms with E-state index < -0.39 is 17.9 Å². The average Bonchev–Trinajstić information content (AvgIpc) is 3.32. The standard InChI is InChI=1S/C20H17N3O7/c1-27-15-5-3-4-12(17(15)29-9-8-21)10-14-18(24)23(20(26)22-14)11-13-6-7-16(30-13)19(25)28-2/h3-7,10H,9,11H2,1-2H3,(H,22,26)/b14-10+. The number of carbonyl (C=O) groups excluding carboxylic acids is 3. The molecule has 3 amide bonds. The van der Waals surface area contributed by atoms with E-state index in [2.05, 4.69) is 10.1 Å². The number of urea groups is 1. The number of hydrogen-bond acceptors (Lipinski definition) is 8. The van der Waals surface area contributed by atoms with Crippen LogP contribution in [0.25, 0.3) is 6.08 Å². The second-order valence-corrected chi connectivity index (χ2v) is 5.96. The molecule has 2 aromatic rings. The molecule has 1 saturated heterocycles. The molecule has 2 heterocycles. The molecule has 30 heavy (non-hydrogen) atoms. The fourth-order valence-electron chi connectivity index (χ4n) is 2.77. The highest BCUT2D eigenvalue weighted by Crippen LogP contribution is 2.33. The molecule has 10 nitrogen and oxygen atoms in total. The lowest BCUT2D eigenvalue weighted by Crippen LogP contribution is -2.30. The van der Waals surface area contributed by atoms with Gasteiger partial charge < -0.3 is 23.9 Å². The summed E-state index contributed by atoms with van der Waals surface area (Å²) in [6.45, 7) is -0.390. The number of nitrogens with zero attached hydrogens (tertiary/aromatic N) is 2. The molecule has 1 aromatic carbocycles. The van der Waals surface area contributed by atoms with E-state index in [-0.39, 0.29) is 36.1 Å². The smallest absolute Gasteiger partial charge is 0.373 e. The van der Waals surface area contributed by atoms with E-state index in [4.69, 9.17) is 19.2 Å². The van der Waals surface area contributed by atoms with E-state index in [1.165, 1.54) is 32.4 Å². The predicted molar refractivity (Wildman–Crippen MR) is 101 cm³/mol. The van der Waals surface area contributed by atoms with E-state index in [1.807, 2.05) is 6.07 Å². The first kappa shape index (κ1) is 20.5. The van der Waals surface area contributed by atoms with Gasteiger partial charge in [0.25, 0.3) is 5.91 Å².